The third-order valence-electron chi connectivity index (χ3n) is 3.66. The van der Waals surface area contributed by atoms with Gasteiger partial charge in [0.1, 0.15) is 0 Å². The summed E-state index contributed by atoms with van der Waals surface area (Å²) in [6, 6.07) is 8.18. The van der Waals surface area contributed by atoms with Crippen molar-refractivity contribution in [2.24, 2.45) is 0 Å². The first kappa shape index (κ1) is 11.2. The molecule has 2 heteroatoms. The van der Waals surface area contributed by atoms with E-state index in [4.69, 9.17) is 0 Å². The number of hydrogen-bond donors (Lipinski definition) is 0. The number of anilines is 1. The quantitative estimate of drug-likeness (QED) is 0.761. The molecule has 1 aromatic rings. The minimum atomic E-state index is -0.314. The molecule has 16 heavy (non-hydrogen) atoms. The highest BCUT2D eigenvalue weighted by Gasteiger charge is 2.45. The van der Waals surface area contributed by atoms with E-state index in [1.165, 1.54) is 5.56 Å². The topological polar surface area (TPSA) is 20.3 Å². The average Bonchev–Trinajstić information content (AvgIpc) is 2.53. The van der Waals surface area contributed by atoms with E-state index in [-0.39, 0.29) is 11.3 Å². The predicted octanol–water partition coefficient (Wildman–Crippen LogP) is 3.11. The van der Waals surface area contributed by atoms with Crippen LogP contribution in [-0.4, -0.2) is 12.5 Å². The van der Waals surface area contributed by atoms with Crippen molar-refractivity contribution in [2.45, 2.75) is 39.0 Å². The summed E-state index contributed by atoms with van der Waals surface area (Å²) < 4.78 is 0. The van der Waals surface area contributed by atoms with Gasteiger partial charge in [-0.3, -0.25) is 4.79 Å². The molecule has 2 rings (SSSR count). The fourth-order valence-electron chi connectivity index (χ4n) is 2.49. The van der Waals surface area contributed by atoms with Crippen LogP contribution in [0.3, 0.4) is 0 Å². The summed E-state index contributed by atoms with van der Waals surface area (Å²) in [7, 11) is 0. The molecule has 1 unspecified atom stereocenters. The lowest BCUT2D eigenvalue weighted by Gasteiger charge is -2.22. The summed E-state index contributed by atoms with van der Waals surface area (Å²) in [6.07, 6.45) is 1.86. The SMILES string of the molecule is CCCN1C(=O)C(C)(CC)c2ccccc21. The Kier molecular flexibility index (Phi) is 2.75. The summed E-state index contributed by atoms with van der Waals surface area (Å²) in [5, 5.41) is 0. The van der Waals surface area contributed by atoms with Gasteiger partial charge in [-0.1, -0.05) is 32.0 Å². The van der Waals surface area contributed by atoms with E-state index in [2.05, 4.69) is 32.9 Å². The van der Waals surface area contributed by atoms with Crippen molar-refractivity contribution in [1.82, 2.24) is 0 Å². The number of amides is 1. The van der Waals surface area contributed by atoms with Crippen LogP contribution >= 0.6 is 0 Å². The molecule has 1 aliphatic rings. The van der Waals surface area contributed by atoms with Gasteiger partial charge in [-0.15, -0.1) is 0 Å². The van der Waals surface area contributed by atoms with Gasteiger partial charge in [-0.05, 0) is 31.4 Å². The van der Waals surface area contributed by atoms with Crippen LogP contribution in [0.1, 0.15) is 39.2 Å². The van der Waals surface area contributed by atoms with Gasteiger partial charge >= 0.3 is 0 Å². The summed E-state index contributed by atoms with van der Waals surface area (Å²) in [4.78, 5) is 14.4. The Balaban J connectivity index is 2.53. The van der Waals surface area contributed by atoms with Crippen LogP contribution in [0.25, 0.3) is 0 Å². The maximum Gasteiger partial charge on any atom is 0.237 e. The first-order valence-corrected chi connectivity index (χ1v) is 6.06. The number of rotatable bonds is 3. The van der Waals surface area contributed by atoms with Crippen molar-refractivity contribution in [2.75, 3.05) is 11.4 Å². The largest absolute Gasteiger partial charge is 0.311 e. The van der Waals surface area contributed by atoms with Crippen LogP contribution < -0.4 is 4.90 Å². The summed E-state index contributed by atoms with van der Waals surface area (Å²) in [5.41, 5.74) is 1.99. The molecule has 0 aliphatic carbocycles. The zero-order chi connectivity index (χ0) is 11.8. The van der Waals surface area contributed by atoms with E-state index >= 15 is 0 Å². The van der Waals surface area contributed by atoms with Crippen LogP contribution in [0.2, 0.25) is 0 Å². The van der Waals surface area contributed by atoms with Crippen LogP contribution in [-0.2, 0) is 10.2 Å². The van der Waals surface area contributed by atoms with Gasteiger partial charge in [0.25, 0.3) is 0 Å². The van der Waals surface area contributed by atoms with Gasteiger partial charge in [0.2, 0.25) is 5.91 Å². The normalized spacial score (nSPS) is 23.7. The molecule has 86 valence electrons. The zero-order valence-electron chi connectivity index (χ0n) is 10.3. The lowest BCUT2D eigenvalue weighted by Crippen LogP contribution is -2.38. The Hall–Kier alpha value is -1.31. The number of benzene rings is 1. The Morgan fingerprint density at radius 3 is 2.56 bits per heavy atom. The third kappa shape index (κ3) is 1.36. The third-order valence-corrected chi connectivity index (χ3v) is 3.66. The fraction of sp³-hybridized carbons (Fsp3) is 0.500. The number of hydrogen-bond acceptors (Lipinski definition) is 1. The van der Waals surface area contributed by atoms with Crippen LogP contribution in [0.5, 0.6) is 0 Å². The zero-order valence-corrected chi connectivity index (χ0v) is 10.3. The highest BCUT2D eigenvalue weighted by molar-refractivity contribution is 6.07. The van der Waals surface area contributed by atoms with Crippen LogP contribution in [0, 0.1) is 0 Å². The molecule has 1 aliphatic heterocycles. The maximum absolute atomic E-state index is 12.4. The smallest absolute Gasteiger partial charge is 0.237 e. The van der Waals surface area contributed by atoms with Gasteiger partial charge < -0.3 is 4.90 Å². The first-order valence-electron chi connectivity index (χ1n) is 6.06. The molecule has 0 fully saturated rings. The van der Waals surface area contributed by atoms with Gasteiger partial charge in [0.15, 0.2) is 0 Å². The highest BCUT2D eigenvalue weighted by Crippen LogP contribution is 2.43. The molecule has 0 saturated heterocycles. The molecule has 1 aromatic carbocycles. The van der Waals surface area contributed by atoms with Crippen LogP contribution in [0.15, 0.2) is 24.3 Å². The minimum absolute atomic E-state index is 0.262. The van der Waals surface area contributed by atoms with Gasteiger partial charge in [0.05, 0.1) is 5.41 Å². The van der Waals surface area contributed by atoms with E-state index in [1.807, 2.05) is 17.0 Å². The van der Waals surface area contributed by atoms with E-state index < -0.39 is 0 Å². The molecule has 1 atom stereocenters. The summed E-state index contributed by atoms with van der Waals surface area (Å²) in [5.74, 6) is 0.262. The highest BCUT2D eigenvalue weighted by atomic mass is 16.2. The molecule has 0 spiro atoms. The van der Waals surface area contributed by atoms with Crippen molar-refractivity contribution < 1.29 is 4.79 Å². The van der Waals surface area contributed by atoms with E-state index in [0.717, 1.165) is 25.1 Å². The second-order valence-electron chi connectivity index (χ2n) is 4.66. The molecule has 1 amide bonds. The average molecular weight is 217 g/mol. The summed E-state index contributed by atoms with van der Waals surface area (Å²) >= 11 is 0. The molecule has 0 radical (unpaired) electrons. The van der Waals surface area contributed by atoms with Crippen molar-refractivity contribution in [1.29, 1.82) is 0 Å². The van der Waals surface area contributed by atoms with Crippen molar-refractivity contribution in [3.05, 3.63) is 29.8 Å². The van der Waals surface area contributed by atoms with Crippen molar-refractivity contribution >= 4 is 11.6 Å². The van der Waals surface area contributed by atoms with Crippen molar-refractivity contribution in [3.63, 3.8) is 0 Å². The molecular formula is C14H19NO. The second kappa shape index (κ2) is 3.93. The maximum atomic E-state index is 12.4. The van der Waals surface area contributed by atoms with Crippen LogP contribution in [0.4, 0.5) is 5.69 Å². The lowest BCUT2D eigenvalue weighted by molar-refractivity contribution is -0.122. The standard InChI is InChI=1S/C14H19NO/c1-4-10-15-12-9-7-6-8-11(12)14(3,5-2)13(15)16/h6-9H,4-5,10H2,1-3H3. The fourth-order valence-corrected chi connectivity index (χ4v) is 2.49. The van der Waals surface area contributed by atoms with Gasteiger partial charge in [0, 0.05) is 12.2 Å². The molecule has 0 bridgehead atoms. The van der Waals surface area contributed by atoms with Gasteiger partial charge in [-0.25, -0.2) is 0 Å². The Morgan fingerprint density at radius 2 is 1.94 bits per heavy atom. The number of carbonyl (C=O) groups is 1. The van der Waals surface area contributed by atoms with E-state index in [1.54, 1.807) is 0 Å². The molecule has 0 N–H and O–H groups in total. The van der Waals surface area contributed by atoms with Crippen molar-refractivity contribution in [3.8, 4) is 0 Å². The number of fused-ring (bicyclic) bond motifs is 1. The minimum Gasteiger partial charge on any atom is -0.311 e. The molecule has 2 nitrogen and oxygen atoms in total. The van der Waals surface area contributed by atoms with E-state index in [0.29, 0.717) is 0 Å². The molecule has 0 aromatic heterocycles. The summed E-state index contributed by atoms with van der Waals surface area (Å²) in [6.45, 7) is 7.08. The first-order chi connectivity index (χ1) is 7.65. The Morgan fingerprint density at radius 1 is 1.25 bits per heavy atom. The van der Waals surface area contributed by atoms with E-state index in [9.17, 15) is 4.79 Å². The molecule has 0 saturated carbocycles. The predicted molar refractivity (Wildman–Crippen MR) is 66.7 cm³/mol. The monoisotopic (exact) mass is 217 g/mol. The van der Waals surface area contributed by atoms with Gasteiger partial charge in [-0.2, -0.15) is 0 Å². The number of carbonyl (C=O) groups excluding carboxylic acids is 1. The molecule has 1 heterocycles. The number of para-hydroxylation sites is 1. The second-order valence-corrected chi connectivity index (χ2v) is 4.66. The number of nitrogens with zero attached hydrogens (tertiary/aromatic N) is 1. The Labute approximate surface area is 97.3 Å². The Bertz CT molecular complexity index is 413. The molecular weight excluding hydrogens is 198 g/mol. The lowest BCUT2D eigenvalue weighted by atomic mass is 9.81.